The molecule has 8 heteroatoms. The third kappa shape index (κ3) is 3.07. The number of amides is 2. The highest BCUT2D eigenvalue weighted by Gasteiger charge is 2.32. The molecule has 27 heavy (non-hydrogen) atoms. The van der Waals surface area contributed by atoms with Crippen molar-refractivity contribution in [2.75, 3.05) is 13.1 Å². The maximum absolute atomic E-state index is 12.6. The minimum absolute atomic E-state index is 0.0792. The molecule has 0 unspecified atom stereocenters. The SMILES string of the molecule is O=C(NCc1nc2ccccc2[nH]1)c1cn2c(n1)C(=O)N(CC1CC1)CC2. The molecule has 3 aromatic rings. The molecular formula is C19H20N6O2. The van der Waals surface area contributed by atoms with Crippen LogP contribution in [0.1, 0.15) is 39.8 Å². The van der Waals surface area contributed by atoms with E-state index in [1.165, 1.54) is 12.8 Å². The van der Waals surface area contributed by atoms with E-state index in [0.29, 0.717) is 30.7 Å². The van der Waals surface area contributed by atoms with Crippen molar-refractivity contribution in [2.45, 2.75) is 25.9 Å². The highest BCUT2D eigenvalue weighted by Crippen LogP contribution is 2.30. The number of fused-ring (bicyclic) bond motifs is 2. The summed E-state index contributed by atoms with van der Waals surface area (Å²) in [5.41, 5.74) is 2.06. The zero-order chi connectivity index (χ0) is 18.4. The van der Waals surface area contributed by atoms with Crippen LogP contribution in [0, 0.1) is 5.92 Å². The van der Waals surface area contributed by atoms with E-state index in [1.807, 2.05) is 29.2 Å². The molecular weight excluding hydrogens is 344 g/mol. The second-order valence-electron chi connectivity index (χ2n) is 7.22. The minimum atomic E-state index is -0.307. The molecule has 1 fully saturated rings. The summed E-state index contributed by atoms with van der Waals surface area (Å²) in [4.78, 5) is 38.8. The van der Waals surface area contributed by atoms with Gasteiger partial charge in [0.25, 0.3) is 11.8 Å². The zero-order valence-electron chi connectivity index (χ0n) is 14.8. The van der Waals surface area contributed by atoms with Crippen LogP contribution in [0.15, 0.2) is 30.5 Å². The maximum atomic E-state index is 12.6. The van der Waals surface area contributed by atoms with E-state index in [0.717, 1.165) is 17.6 Å². The number of imidazole rings is 2. The van der Waals surface area contributed by atoms with E-state index >= 15 is 0 Å². The molecule has 0 bridgehead atoms. The molecule has 0 radical (unpaired) electrons. The van der Waals surface area contributed by atoms with Gasteiger partial charge in [0, 0.05) is 25.8 Å². The van der Waals surface area contributed by atoms with E-state index in [4.69, 9.17) is 0 Å². The summed E-state index contributed by atoms with van der Waals surface area (Å²) in [6.07, 6.45) is 4.07. The molecule has 2 amide bonds. The Balaban J connectivity index is 1.27. The summed E-state index contributed by atoms with van der Waals surface area (Å²) in [5, 5.41) is 2.82. The van der Waals surface area contributed by atoms with E-state index in [9.17, 15) is 9.59 Å². The predicted octanol–water partition coefficient (Wildman–Crippen LogP) is 1.56. The smallest absolute Gasteiger partial charge is 0.289 e. The molecule has 8 nitrogen and oxygen atoms in total. The number of aromatic amines is 1. The number of hydrogen-bond acceptors (Lipinski definition) is 4. The topological polar surface area (TPSA) is 95.9 Å². The molecule has 2 aliphatic rings. The summed E-state index contributed by atoms with van der Waals surface area (Å²) in [6.45, 7) is 2.44. The number of carbonyl (C=O) groups excluding carboxylic acids is 2. The van der Waals surface area contributed by atoms with Gasteiger partial charge in [-0.25, -0.2) is 9.97 Å². The van der Waals surface area contributed by atoms with Gasteiger partial charge >= 0.3 is 0 Å². The van der Waals surface area contributed by atoms with Crippen molar-refractivity contribution in [1.82, 2.24) is 29.7 Å². The lowest BCUT2D eigenvalue weighted by atomic mass is 10.3. The molecule has 3 heterocycles. The van der Waals surface area contributed by atoms with Gasteiger partial charge in [0.15, 0.2) is 5.82 Å². The Morgan fingerprint density at radius 1 is 1.22 bits per heavy atom. The lowest BCUT2D eigenvalue weighted by Gasteiger charge is -2.27. The second-order valence-corrected chi connectivity index (χ2v) is 7.22. The first-order chi connectivity index (χ1) is 13.2. The maximum Gasteiger partial charge on any atom is 0.289 e. The number of nitrogens with one attached hydrogen (secondary N) is 2. The Morgan fingerprint density at radius 3 is 2.89 bits per heavy atom. The third-order valence-corrected chi connectivity index (χ3v) is 5.13. The molecule has 1 aromatic carbocycles. The standard InChI is InChI=1S/C19H20N6O2/c26-18(20-9-16-21-13-3-1-2-4-14(13)22-16)15-11-24-7-8-25(10-12-5-6-12)19(27)17(24)23-15/h1-4,11-12H,5-10H2,(H,20,26)(H,21,22). The van der Waals surface area contributed by atoms with Crippen LogP contribution in [0.25, 0.3) is 11.0 Å². The van der Waals surface area contributed by atoms with Gasteiger partial charge in [0.2, 0.25) is 0 Å². The second kappa shape index (κ2) is 6.22. The molecule has 138 valence electrons. The Hall–Kier alpha value is -3.16. The number of nitrogens with zero attached hydrogens (tertiary/aromatic N) is 4. The van der Waals surface area contributed by atoms with Crippen LogP contribution in [-0.2, 0) is 13.1 Å². The molecule has 0 saturated heterocycles. The largest absolute Gasteiger partial charge is 0.343 e. The molecule has 2 aromatic heterocycles. The van der Waals surface area contributed by atoms with Crippen molar-refractivity contribution in [3.8, 4) is 0 Å². The lowest BCUT2D eigenvalue weighted by Crippen LogP contribution is -2.41. The van der Waals surface area contributed by atoms with Crippen LogP contribution in [-0.4, -0.2) is 49.3 Å². The van der Waals surface area contributed by atoms with Crippen LogP contribution in [0.2, 0.25) is 0 Å². The fourth-order valence-electron chi connectivity index (χ4n) is 3.47. The summed E-state index contributed by atoms with van der Waals surface area (Å²) in [6, 6.07) is 7.71. The number of H-pyrrole nitrogens is 1. The van der Waals surface area contributed by atoms with Gasteiger partial charge < -0.3 is 19.8 Å². The van der Waals surface area contributed by atoms with Crippen molar-refractivity contribution < 1.29 is 9.59 Å². The highest BCUT2D eigenvalue weighted by molar-refractivity contribution is 5.96. The quantitative estimate of drug-likeness (QED) is 0.718. The van der Waals surface area contributed by atoms with Crippen LogP contribution in [0.5, 0.6) is 0 Å². The highest BCUT2D eigenvalue weighted by atomic mass is 16.2. The summed E-state index contributed by atoms with van der Waals surface area (Å²) < 4.78 is 1.78. The molecule has 2 N–H and O–H groups in total. The monoisotopic (exact) mass is 364 g/mol. The van der Waals surface area contributed by atoms with Crippen LogP contribution in [0.4, 0.5) is 0 Å². The number of carbonyl (C=O) groups is 2. The minimum Gasteiger partial charge on any atom is -0.343 e. The summed E-state index contributed by atoms with van der Waals surface area (Å²) in [7, 11) is 0. The van der Waals surface area contributed by atoms with Gasteiger partial charge in [-0.1, -0.05) is 12.1 Å². The third-order valence-electron chi connectivity index (χ3n) is 5.13. The first-order valence-corrected chi connectivity index (χ1v) is 9.25. The summed E-state index contributed by atoms with van der Waals surface area (Å²) in [5.74, 6) is 1.29. The van der Waals surface area contributed by atoms with Crippen molar-refractivity contribution in [3.05, 3.63) is 47.8 Å². The van der Waals surface area contributed by atoms with Gasteiger partial charge in [0.05, 0.1) is 17.6 Å². The average Bonchev–Trinajstić information content (AvgIpc) is 3.22. The predicted molar refractivity (Wildman–Crippen MR) is 98.1 cm³/mol. The fourth-order valence-corrected chi connectivity index (χ4v) is 3.47. The first kappa shape index (κ1) is 16.0. The summed E-state index contributed by atoms with van der Waals surface area (Å²) >= 11 is 0. The number of rotatable bonds is 5. The molecule has 1 aliphatic heterocycles. The Morgan fingerprint density at radius 2 is 2.07 bits per heavy atom. The van der Waals surface area contributed by atoms with Crippen molar-refractivity contribution in [1.29, 1.82) is 0 Å². The molecule has 0 spiro atoms. The van der Waals surface area contributed by atoms with E-state index in [-0.39, 0.29) is 24.1 Å². The average molecular weight is 364 g/mol. The normalized spacial score (nSPS) is 16.6. The number of aromatic nitrogens is 4. The van der Waals surface area contributed by atoms with E-state index in [2.05, 4.69) is 20.3 Å². The van der Waals surface area contributed by atoms with Crippen LogP contribution < -0.4 is 5.32 Å². The molecule has 1 saturated carbocycles. The lowest BCUT2D eigenvalue weighted by molar-refractivity contribution is 0.0688. The van der Waals surface area contributed by atoms with Crippen LogP contribution in [0.3, 0.4) is 0 Å². The van der Waals surface area contributed by atoms with E-state index in [1.54, 1.807) is 10.8 Å². The Kier molecular flexibility index (Phi) is 3.70. The zero-order valence-corrected chi connectivity index (χ0v) is 14.8. The van der Waals surface area contributed by atoms with Gasteiger partial charge in [-0.05, 0) is 30.9 Å². The van der Waals surface area contributed by atoms with Gasteiger partial charge in [-0.2, -0.15) is 0 Å². The van der Waals surface area contributed by atoms with Crippen LogP contribution >= 0.6 is 0 Å². The Bertz CT molecular complexity index is 999. The van der Waals surface area contributed by atoms with Gasteiger partial charge in [-0.3, -0.25) is 9.59 Å². The van der Waals surface area contributed by atoms with Crippen molar-refractivity contribution in [3.63, 3.8) is 0 Å². The molecule has 0 atom stereocenters. The van der Waals surface area contributed by atoms with E-state index < -0.39 is 0 Å². The molecule has 1 aliphatic carbocycles. The number of para-hydroxylation sites is 2. The van der Waals surface area contributed by atoms with Gasteiger partial charge in [0.1, 0.15) is 11.5 Å². The number of benzene rings is 1. The fraction of sp³-hybridized carbons (Fsp3) is 0.368. The molecule has 5 rings (SSSR count). The first-order valence-electron chi connectivity index (χ1n) is 9.25. The number of hydrogen-bond donors (Lipinski definition) is 2. The Labute approximate surface area is 155 Å². The van der Waals surface area contributed by atoms with Crippen molar-refractivity contribution >= 4 is 22.8 Å². The van der Waals surface area contributed by atoms with Crippen molar-refractivity contribution in [2.24, 2.45) is 5.92 Å². The van der Waals surface area contributed by atoms with Gasteiger partial charge in [-0.15, -0.1) is 0 Å².